The molecule has 0 bridgehead atoms. The number of carbonyl (C=O) groups is 11. The molecular formula is C49H73N7O15. The van der Waals surface area contributed by atoms with E-state index in [1.807, 2.05) is 0 Å². The molecule has 1 aliphatic rings. The summed E-state index contributed by atoms with van der Waals surface area (Å²) in [7, 11) is 0. The Kier molecular flexibility index (Phi) is 29.8. The van der Waals surface area contributed by atoms with Crippen LogP contribution in [-0.2, 0) is 47.9 Å². The smallest absolute Gasteiger partial charge is 0.257 e. The minimum absolute atomic E-state index is 0.0133. The van der Waals surface area contributed by atoms with Crippen molar-refractivity contribution >= 4 is 64.6 Å². The third-order valence-electron chi connectivity index (χ3n) is 11.5. The van der Waals surface area contributed by atoms with E-state index in [2.05, 4.69) is 16.0 Å². The third-order valence-corrected chi connectivity index (χ3v) is 11.5. The molecule has 22 nitrogen and oxygen atoms in total. The second-order valence-electron chi connectivity index (χ2n) is 17.4. The minimum Gasteiger partial charge on any atom is -0.484 e. The van der Waals surface area contributed by atoms with E-state index in [0.29, 0.717) is 112 Å². The summed E-state index contributed by atoms with van der Waals surface area (Å²) in [5.41, 5.74) is 0.194. The molecule has 0 aliphatic carbocycles. The predicted molar refractivity (Wildman–Crippen MR) is 254 cm³/mol. The van der Waals surface area contributed by atoms with Gasteiger partial charge in [-0.2, -0.15) is 0 Å². The first-order valence-corrected chi connectivity index (χ1v) is 24.4. The number of unbranched alkanes of at least 4 members (excludes halogenated alkanes) is 8. The maximum absolute atomic E-state index is 12.8. The lowest BCUT2D eigenvalue weighted by atomic mass is 9.92. The Labute approximate surface area is 414 Å². The molecular weight excluding hydrogens is 927 g/mol. The number of ether oxygens (including phenoxy) is 1. The fourth-order valence-corrected chi connectivity index (χ4v) is 7.18. The summed E-state index contributed by atoms with van der Waals surface area (Å²) in [6.07, 6.45) is 9.54. The SMILES string of the molecule is CC(=O)[C@H](CCCCN1C(=O)C=CC1=O)CC(=O)CNC(=O)c1cccc(OCC(=O)NCCCCCN(O)C(=O)CCC(=O)CCCCCCN(O)C(=O)CCC(=O)NCCCCCN(O)C(C)=O)c1. The van der Waals surface area contributed by atoms with Crippen LogP contribution in [0.15, 0.2) is 36.4 Å². The molecule has 0 fully saturated rings. The van der Waals surface area contributed by atoms with E-state index in [1.54, 1.807) is 12.1 Å². The summed E-state index contributed by atoms with van der Waals surface area (Å²) in [5.74, 6) is -4.55. The van der Waals surface area contributed by atoms with Gasteiger partial charge in [-0.05, 0) is 89.3 Å². The van der Waals surface area contributed by atoms with E-state index >= 15 is 0 Å². The second-order valence-corrected chi connectivity index (χ2v) is 17.4. The fraction of sp³-hybridized carbons (Fsp3) is 0.612. The van der Waals surface area contributed by atoms with Crippen molar-refractivity contribution in [1.82, 2.24) is 36.0 Å². The highest BCUT2D eigenvalue weighted by Gasteiger charge is 2.24. The van der Waals surface area contributed by atoms with Crippen LogP contribution in [0.4, 0.5) is 0 Å². The van der Waals surface area contributed by atoms with Crippen LogP contribution in [0.2, 0.25) is 0 Å². The van der Waals surface area contributed by atoms with Gasteiger partial charge in [-0.25, -0.2) is 15.2 Å². The number of amides is 8. The van der Waals surface area contributed by atoms with E-state index in [1.165, 1.54) is 38.1 Å². The average molecular weight is 1000 g/mol. The lowest BCUT2D eigenvalue weighted by Gasteiger charge is -2.16. The topological polar surface area (TPSA) is 307 Å². The van der Waals surface area contributed by atoms with Gasteiger partial charge in [0.05, 0.1) is 6.54 Å². The number of Topliss-reactive ketones (excluding diaryl/α,β-unsaturated/α-hetero) is 3. The van der Waals surface area contributed by atoms with E-state index < -0.39 is 35.5 Å². The van der Waals surface area contributed by atoms with Gasteiger partial charge >= 0.3 is 0 Å². The van der Waals surface area contributed by atoms with Gasteiger partial charge in [0.15, 0.2) is 12.4 Å². The molecule has 0 unspecified atom stereocenters. The highest BCUT2D eigenvalue weighted by Crippen LogP contribution is 2.17. The minimum atomic E-state index is -0.573. The van der Waals surface area contributed by atoms with Gasteiger partial charge in [0.1, 0.15) is 17.3 Å². The van der Waals surface area contributed by atoms with Crippen LogP contribution in [0, 0.1) is 5.92 Å². The van der Waals surface area contributed by atoms with E-state index in [4.69, 9.17) is 4.74 Å². The van der Waals surface area contributed by atoms with Crippen LogP contribution < -0.4 is 20.7 Å². The van der Waals surface area contributed by atoms with Crippen LogP contribution in [0.1, 0.15) is 146 Å². The quantitative estimate of drug-likeness (QED) is 0.0238. The highest BCUT2D eigenvalue weighted by molar-refractivity contribution is 6.12. The van der Waals surface area contributed by atoms with Crippen LogP contribution in [0.5, 0.6) is 5.75 Å². The molecule has 0 aromatic heterocycles. The number of hydroxylamine groups is 6. The predicted octanol–water partition coefficient (Wildman–Crippen LogP) is 3.38. The first-order chi connectivity index (χ1) is 33.9. The van der Waals surface area contributed by atoms with Crippen LogP contribution in [0.3, 0.4) is 0 Å². The van der Waals surface area contributed by atoms with Crippen molar-refractivity contribution in [3.63, 3.8) is 0 Å². The molecule has 71 heavy (non-hydrogen) atoms. The molecule has 0 saturated heterocycles. The van der Waals surface area contributed by atoms with Gasteiger partial charge in [-0.15, -0.1) is 0 Å². The normalized spacial score (nSPS) is 12.3. The standard InChI is InChI=1S/C49H73N7O15/c1-36(57)38(16-8-14-28-53-45(63)24-25-46(53)64)32-41(60)34-52-49(67)39-17-15-19-42(33-39)71-35-44(62)51-27-10-6-13-31-55(69)47(65)22-20-40(59)18-7-3-4-11-30-56(70)48(66)23-21-43(61)50-26-9-5-12-29-54(68)37(2)58/h15,17,19,24-25,33,38,68-70H,3-14,16,18,20-23,26-32,34-35H2,1-2H3,(H,50,61)(H,51,62)(H,52,67)/t38-/m1/s1. The lowest BCUT2D eigenvalue weighted by Crippen LogP contribution is -2.32. The molecule has 0 spiro atoms. The number of benzene rings is 1. The Morgan fingerprint density at radius 3 is 1.77 bits per heavy atom. The molecule has 394 valence electrons. The molecule has 0 saturated carbocycles. The summed E-state index contributed by atoms with van der Waals surface area (Å²) in [4.78, 5) is 134. The number of hydrogen-bond donors (Lipinski definition) is 6. The Morgan fingerprint density at radius 2 is 1.17 bits per heavy atom. The Balaban J connectivity index is 1.48. The zero-order chi connectivity index (χ0) is 52.6. The van der Waals surface area contributed by atoms with Crippen molar-refractivity contribution in [2.24, 2.45) is 5.92 Å². The summed E-state index contributed by atoms with van der Waals surface area (Å²) >= 11 is 0. The molecule has 1 aromatic rings. The highest BCUT2D eigenvalue weighted by atomic mass is 16.5. The van der Waals surface area contributed by atoms with Crippen LogP contribution in [-0.4, -0.2) is 153 Å². The van der Waals surface area contributed by atoms with E-state index in [0.717, 1.165) is 4.90 Å². The number of ketones is 3. The van der Waals surface area contributed by atoms with Gasteiger partial charge in [0, 0.05) is 108 Å². The lowest BCUT2D eigenvalue weighted by molar-refractivity contribution is -0.166. The molecule has 6 N–H and O–H groups in total. The zero-order valence-corrected chi connectivity index (χ0v) is 41.2. The molecule has 1 heterocycles. The van der Waals surface area contributed by atoms with E-state index in [9.17, 15) is 68.4 Å². The number of imide groups is 1. The van der Waals surface area contributed by atoms with Gasteiger partial charge in [0.25, 0.3) is 23.6 Å². The summed E-state index contributed by atoms with van der Waals surface area (Å²) in [6.45, 7) is 3.32. The molecule has 1 aliphatic heterocycles. The van der Waals surface area contributed by atoms with Crippen molar-refractivity contribution in [2.75, 3.05) is 52.4 Å². The molecule has 22 heteroatoms. The van der Waals surface area contributed by atoms with Crippen molar-refractivity contribution in [1.29, 1.82) is 0 Å². The van der Waals surface area contributed by atoms with Crippen LogP contribution >= 0.6 is 0 Å². The van der Waals surface area contributed by atoms with Crippen molar-refractivity contribution in [2.45, 2.75) is 136 Å². The fourth-order valence-electron chi connectivity index (χ4n) is 7.18. The Bertz CT molecular complexity index is 1980. The first-order valence-electron chi connectivity index (χ1n) is 24.4. The zero-order valence-electron chi connectivity index (χ0n) is 41.2. The first kappa shape index (κ1) is 60.7. The van der Waals surface area contributed by atoms with Gasteiger partial charge in [0.2, 0.25) is 23.6 Å². The number of nitrogens with zero attached hydrogens (tertiary/aromatic N) is 4. The van der Waals surface area contributed by atoms with Crippen molar-refractivity contribution < 1.29 is 73.1 Å². The van der Waals surface area contributed by atoms with Gasteiger partial charge in [-0.1, -0.05) is 25.3 Å². The summed E-state index contributed by atoms with van der Waals surface area (Å²) in [5, 5.41) is 39.2. The molecule has 8 amide bonds. The van der Waals surface area contributed by atoms with E-state index in [-0.39, 0.29) is 124 Å². The maximum Gasteiger partial charge on any atom is 0.257 e. The number of rotatable bonds is 39. The molecule has 0 radical (unpaired) electrons. The monoisotopic (exact) mass is 1000 g/mol. The number of nitrogens with one attached hydrogen (secondary N) is 3. The Hall–Kier alpha value is -6.39. The van der Waals surface area contributed by atoms with Crippen LogP contribution in [0.25, 0.3) is 0 Å². The number of hydrogen-bond acceptors (Lipinski definition) is 15. The summed E-state index contributed by atoms with van der Waals surface area (Å²) in [6, 6.07) is 6.06. The third kappa shape index (κ3) is 27.0. The Morgan fingerprint density at radius 1 is 0.606 bits per heavy atom. The van der Waals surface area contributed by atoms with Gasteiger partial charge in [-0.3, -0.25) is 73.3 Å². The molecule has 2 rings (SSSR count). The summed E-state index contributed by atoms with van der Waals surface area (Å²) < 4.78 is 5.54. The second kappa shape index (κ2) is 34.8. The maximum atomic E-state index is 12.8. The average Bonchev–Trinajstić information content (AvgIpc) is 3.67. The molecule has 1 aromatic carbocycles. The number of carbonyl (C=O) groups excluding carboxylic acids is 11. The van der Waals surface area contributed by atoms with Crippen molar-refractivity contribution in [3.05, 3.63) is 42.0 Å². The largest absolute Gasteiger partial charge is 0.484 e. The molecule has 1 atom stereocenters. The van der Waals surface area contributed by atoms with Crippen molar-refractivity contribution in [3.8, 4) is 5.75 Å². The van der Waals surface area contributed by atoms with Gasteiger partial charge < -0.3 is 20.7 Å².